The Morgan fingerprint density at radius 2 is 1.77 bits per heavy atom. The van der Waals surface area contributed by atoms with Gasteiger partial charge in [-0.2, -0.15) is 0 Å². The van der Waals surface area contributed by atoms with Crippen LogP contribution in [-0.4, -0.2) is 30.2 Å². The summed E-state index contributed by atoms with van der Waals surface area (Å²) in [4.78, 5) is 13.8. The molecular weight excluding hydrogens is 328 g/mol. The second-order valence-electron chi connectivity index (χ2n) is 6.76. The topological polar surface area (TPSA) is 76.6 Å². The van der Waals surface area contributed by atoms with E-state index < -0.39 is 0 Å². The number of amides is 1. The van der Waals surface area contributed by atoms with Crippen LogP contribution in [0.5, 0.6) is 0 Å². The minimum Gasteiger partial charge on any atom is -0.380 e. The first-order chi connectivity index (χ1) is 12.6. The van der Waals surface area contributed by atoms with Gasteiger partial charge in [-0.05, 0) is 49.6 Å². The van der Waals surface area contributed by atoms with Gasteiger partial charge in [-0.3, -0.25) is 15.5 Å². The minimum atomic E-state index is -0.0558. The van der Waals surface area contributed by atoms with Gasteiger partial charge < -0.3 is 15.5 Å². The van der Waals surface area contributed by atoms with Gasteiger partial charge in [-0.1, -0.05) is 18.2 Å². The third-order valence-corrected chi connectivity index (χ3v) is 4.71. The largest absolute Gasteiger partial charge is 0.380 e. The van der Waals surface area contributed by atoms with Crippen LogP contribution in [0.25, 0.3) is 0 Å². The van der Waals surface area contributed by atoms with Gasteiger partial charge in [0, 0.05) is 26.1 Å². The Hall–Kier alpha value is -2.73. The summed E-state index contributed by atoms with van der Waals surface area (Å²) in [7, 11) is 0. The summed E-state index contributed by atoms with van der Waals surface area (Å²) >= 11 is 0. The molecule has 1 aliphatic rings. The molecule has 1 fully saturated rings. The highest BCUT2D eigenvalue weighted by atomic mass is 16.5. The molecule has 26 heavy (non-hydrogen) atoms. The lowest BCUT2D eigenvalue weighted by Crippen LogP contribution is -2.39. The van der Waals surface area contributed by atoms with Crippen molar-refractivity contribution in [1.29, 1.82) is 0 Å². The molecule has 0 radical (unpaired) electrons. The Morgan fingerprint density at radius 1 is 1.08 bits per heavy atom. The molecule has 1 heterocycles. The van der Waals surface area contributed by atoms with E-state index in [1.807, 2.05) is 36.4 Å². The molecule has 4 N–H and O–H groups in total. The first-order valence-corrected chi connectivity index (χ1v) is 8.95. The predicted molar refractivity (Wildman–Crippen MR) is 106 cm³/mol. The Labute approximate surface area is 154 Å². The van der Waals surface area contributed by atoms with E-state index in [9.17, 15) is 10.0 Å². The molecule has 6 nitrogen and oxygen atoms in total. The molecule has 1 amide bonds. The second-order valence-corrected chi connectivity index (χ2v) is 6.76. The van der Waals surface area contributed by atoms with Crippen LogP contribution in [-0.2, 0) is 4.79 Å². The molecule has 0 spiro atoms. The maximum Gasteiger partial charge on any atom is 0.221 e. The number of piperidine rings is 1. The maximum absolute atomic E-state index is 11.5. The average Bonchev–Trinajstić information content (AvgIpc) is 2.64. The van der Waals surface area contributed by atoms with Crippen molar-refractivity contribution in [2.24, 2.45) is 0 Å². The van der Waals surface area contributed by atoms with E-state index in [0.29, 0.717) is 11.7 Å². The van der Waals surface area contributed by atoms with Gasteiger partial charge in [-0.25, -0.2) is 0 Å². The van der Waals surface area contributed by atoms with Gasteiger partial charge in [0.05, 0.1) is 22.7 Å². The average molecular weight is 354 g/mol. The summed E-state index contributed by atoms with van der Waals surface area (Å²) in [5.41, 5.74) is 6.95. The second kappa shape index (κ2) is 8.10. The van der Waals surface area contributed by atoms with Gasteiger partial charge in [-0.15, -0.1) is 0 Å². The zero-order chi connectivity index (χ0) is 18.5. The van der Waals surface area contributed by atoms with Crippen LogP contribution in [0, 0.1) is 6.92 Å². The van der Waals surface area contributed by atoms with Crippen LogP contribution in [0.15, 0.2) is 42.5 Å². The number of hydrogen-bond acceptors (Lipinski definition) is 5. The van der Waals surface area contributed by atoms with Crippen LogP contribution >= 0.6 is 0 Å². The van der Waals surface area contributed by atoms with Crippen molar-refractivity contribution in [3.63, 3.8) is 0 Å². The number of nitrogens with zero attached hydrogens (tertiary/aromatic N) is 1. The molecule has 0 atom stereocenters. The van der Waals surface area contributed by atoms with Crippen molar-refractivity contribution in [1.82, 2.24) is 0 Å². The quantitative estimate of drug-likeness (QED) is 0.614. The van der Waals surface area contributed by atoms with Crippen molar-refractivity contribution >= 4 is 28.7 Å². The van der Waals surface area contributed by atoms with E-state index in [1.165, 1.54) is 12.5 Å². The fourth-order valence-electron chi connectivity index (χ4n) is 3.39. The van der Waals surface area contributed by atoms with E-state index in [2.05, 4.69) is 34.0 Å². The zero-order valence-electron chi connectivity index (χ0n) is 15.2. The summed E-state index contributed by atoms with van der Waals surface area (Å²) < 4.78 is 0. The van der Waals surface area contributed by atoms with E-state index in [0.717, 1.165) is 43.0 Å². The molecule has 138 valence electrons. The van der Waals surface area contributed by atoms with Crippen LogP contribution in [0.1, 0.15) is 25.3 Å². The zero-order valence-corrected chi connectivity index (χ0v) is 15.2. The molecule has 0 aromatic heterocycles. The molecule has 3 rings (SSSR count). The van der Waals surface area contributed by atoms with Crippen LogP contribution in [0.3, 0.4) is 0 Å². The smallest absolute Gasteiger partial charge is 0.221 e. The SMILES string of the molecule is CC(=O)Nc1ccc(C)cc1N1CCC(Nc2ccccc2NO)CC1. The van der Waals surface area contributed by atoms with E-state index >= 15 is 0 Å². The lowest BCUT2D eigenvalue weighted by atomic mass is 10.0. The van der Waals surface area contributed by atoms with E-state index in [1.54, 1.807) is 0 Å². The van der Waals surface area contributed by atoms with Crippen molar-refractivity contribution in [3.05, 3.63) is 48.0 Å². The standard InChI is InChI=1S/C20H26N4O2/c1-14-7-8-19(21-15(2)25)20(13-14)24-11-9-16(10-12-24)22-17-5-3-4-6-18(17)23-26/h3-8,13,16,22-23,26H,9-12H2,1-2H3,(H,21,25). The third kappa shape index (κ3) is 4.26. The summed E-state index contributed by atoms with van der Waals surface area (Å²) in [5.74, 6) is -0.0558. The lowest BCUT2D eigenvalue weighted by molar-refractivity contribution is -0.114. The fraction of sp³-hybridized carbons (Fsp3) is 0.350. The summed E-state index contributed by atoms with van der Waals surface area (Å²) in [5, 5.41) is 15.7. The molecule has 1 saturated heterocycles. The van der Waals surface area contributed by atoms with Gasteiger partial charge in [0.25, 0.3) is 0 Å². The number of nitrogens with one attached hydrogen (secondary N) is 3. The Bertz CT molecular complexity index is 770. The molecule has 0 aliphatic carbocycles. The van der Waals surface area contributed by atoms with Crippen LogP contribution in [0.2, 0.25) is 0 Å². The van der Waals surface area contributed by atoms with Crippen molar-refractivity contribution in [2.75, 3.05) is 34.1 Å². The first-order valence-electron chi connectivity index (χ1n) is 8.95. The van der Waals surface area contributed by atoms with E-state index in [4.69, 9.17) is 0 Å². The monoisotopic (exact) mass is 354 g/mol. The van der Waals surface area contributed by atoms with Crippen molar-refractivity contribution in [2.45, 2.75) is 32.7 Å². The first kappa shape index (κ1) is 18.1. The number of benzene rings is 2. The van der Waals surface area contributed by atoms with Crippen molar-refractivity contribution < 1.29 is 10.0 Å². The lowest BCUT2D eigenvalue weighted by Gasteiger charge is -2.35. The number of rotatable bonds is 5. The molecule has 0 bridgehead atoms. The summed E-state index contributed by atoms with van der Waals surface area (Å²) in [6, 6.07) is 14.1. The van der Waals surface area contributed by atoms with Gasteiger partial charge >= 0.3 is 0 Å². The highest BCUT2D eigenvalue weighted by molar-refractivity contribution is 5.93. The normalized spacial score (nSPS) is 14.8. The van der Waals surface area contributed by atoms with Crippen molar-refractivity contribution in [3.8, 4) is 0 Å². The minimum absolute atomic E-state index is 0.0558. The Balaban J connectivity index is 1.67. The van der Waals surface area contributed by atoms with Crippen LogP contribution in [0.4, 0.5) is 22.7 Å². The van der Waals surface area contributed by atoms with Gasteiger partial charge in [0.2, 0.25) is 5.91 Å². The Kier molecular flexibility index (Phi) is 5.63. The number of anilines is 4. The number of carbonyl (C=O) groups is 1. The molecule has 0 saturated carbocycles. The van der Waals surface area contributed by atoms with Gasteiger partial charge in [0.1, 0.15) is 0 Å². The number of carbonyl (C=O) groups excluding carboxylic acids is 1. The molecule has 1 aliphatic heterocycles. The predicted octanol–water partition coefficient (Wildman–Crippen LogP) is 3.84. The highest BCUT2D eigenvalue weighted by Crippen LogP contribution is 2.31. The van der Waals surface area contributed by atoms with E-state index in [-0.39, 0.29) is 5.91 Å². The summed E-state index contributed by atoms with van der Waals surface area (Å²) in [6.45, 7) is 5.41. The molecule has 0 unspecified atom stereocenters. The maximum atomic E-state index is 11.5. The molecule has 2 aromatic rings. The Morgan fingerprint density at radius 3 is 2.42 bits per heavy atom. The van der Waals surface area contributed by atoms with Gasteiger partial charge in [0.15, 0.2) is 0 Å². The number of aryl methyl sites for hydroxylation is 1. The molecular formula is C20H26N4O2. The number of para-hydroxylation sites is 2. The van der Waals surface area contributed by atoms with Crippen LogP contribution < -0.4 is 21.0 Å². The number of hydrogen-bond donors (Lipinski definition) is 4. The third-order valence-electron chi connectivity index (χ3n) is 4.71. The molecule has 2 aromatic carbocycles. The highest BCUT2D eigenvalue weighted by Gasteiger charge is 2.22. The summed E-state index contributed by atoms with van der Waals surface area (Å²) in [6.07, 6.45) is 1.96. The fourth-order valence-corrected chi connectivity index (χ4v) is 3.39. The molecule has 6 heteroatoms.